The van der Waals surface area contributed by atoms with Crippen LogP contribution < -0.4 is 15.4 Å². The summed E-state index contributed by atoms with van der Waals surface area (Å²) < 4.78 is 5.54. The summed E-state index contributed by atoms with van der Waals surface area (Å²) in [5, 5.41) is 7.62. The Hall–Kier alpha value is -2.97. The number of ether oxygens (including phenoxy) is 1. The maximum atomic E-state index is 13.2. The van der Waals surface area contributed by atoms with Crippen molar-refractivity contribution in [3.8, 4) is 18.1 Å². The zero-order chi connectivity index (χ0) is 26.3. The predicted molar refractivity (Wildman–Crippen MR) is 152 cm³/mol. The third kappa shape index (κ3) is 4.69. The standard InChI is InChI=1S/C33H41N3O2/c1-4-6-13-34-30-18-26-17-28(38-3)11-12-29(26)32(36(30)31(37)5-2)25-7-9-27(10-8-25)35-33-19-22-14-23(20-33)16-24(15-22)21-33/h2,7-12,17,22-24,30,32,34-35H,4,6,13-16,18-21H2,1,3H3/t22?,23?,24?,30-,32+,33?/m1/s1. The van der Waals surface area contributed by atoms with Gasteiger partial charge in [0.15, 0.2) is 0 Å². The number of rotatable bonds is 8. The molecule has 7 rings (SSSR count). The first kappa shape index (κ1) is 25.3. The van der Waals surface area contributed by atoms with Crippen LogP contribution in [0.2, 0.25) is 0 Å². The van der Waals surface area contributed by atoms with Gasteiger partial charge in [-0.25, -0.2) is 0 Å². The molecule has 2 aromatic rings. The molecule has 4 bridgehead atoms. The number of amides is 1. The van der Waals surface area contributed by atoms with Gasteiger partial charge in [0.1, 0.15) is 5.75 Å². The average Bonchev–Trinajstić information content (AvgIpc) is 2.91. The molecule has 200 valence electrons. The highest BCUT2D eigenvalue weighted by molar-refractivity contribution is 5.94. The molecule has 38 heavy (non-hydrogen) atoms. The molecule has 0 unspecified atom stereocenters. The number of unbranched alkanes of at least 4 members (excludes halogenated alkanes) is 1. The quantitative estimate of drug-likeness (QED) is 0.342. The molecule has 2 aromatic carbocycles. The summed E-state index contributed by atoms with van der Waals surface area (Å²) in [6, 6.07) is 14.7. The smallest absolute Gasteiger partial charge is 0.300 e. The molecule has 5 heteroatoms. The number of methoxy groups -OCH3 is 1. The first-order valence-electron chi connectivity index (χ1n) is 14.6. The van der Waals surface area contributed by atoms with Crippen molar-refractivity contribution in [2.45, 2.75) is 82.5 Å². The van der Waals surface area contributed by atoms with E-state index in [0.717, 1.165) is 54.0 Å². The third-order valence-corrected chi connectivity index (χ3v) is 9.61. The van der Waals surface area contributed by atoms with E-state index >= 15 is 0 Å². The van der Waals surface area contributed by atoms with Crippen molar-refractivity contribution in [3.05, 3.63) is 59.2 Å². The number of hydrogen-bond acceptors (Lipinski definition) is 4. The van der Waals surface area contributed by atoms with Crippen LogP contribution >= 0.6 is 0 Å². The Kier molecular flexibility index (Phi) is 6.86. The summed E-state index contributed by atoms with van der Waals surface area (Å²) in [5.74, 6) is 5.69. The molecule has 4 fully saturated rings. The summed E-state index contributed by atoms with van der Waals surface area (Å²) in [7, 11) is 1.70. The van der Waals surface area contributed by atoms with Gasteiger partial charge in [0.25, 0.3) is 5.91 Å². The fourth-order valence-electron chi connectivity index (χ4n) is 8.40. The lowest BCUT2D eigenvalue weighted by Gasteiger charge is -2.57. The number of nitrogens with zero attached hydrogens (tertiary/aromatic N) is 1. The van der Waals surface area contributed by atoms with Gasteiger partial charge in [-0.2, -0.15) is 0 Å². The van der Waals surface area contributed by atoms with Crippen molar-refractivity contribution < 1.29 is 9.53 Å². The minimum Gasteiger partial charge on any atom is -0.497 e. The van der Waals surface area contributed by atoms with Gasteiger partial charge in [0.05, 0.1) is 19.3 Å². The molecule has 4 saturated carbocycles. The monoisotopic (exact) mass is 511 g/mol. The van der Waals surface area contributed by atoms with Crippen LogP contribution in [0.15, 0.2) is 42.5 Å². The number of fused-ring (bicyclic) bond motifs is 1. The molecule has 2 atom stereocenters. The van der Waals surface area contributed by atoms with E-state index in [1.807, 2.05) is 11.0 Å². The van der Waals surface area contributed by atoms with E-state index in [2.05, 4.69) is 59.9 Å². The molecular weight excluding hydrogens is 470 g/mol. The number of nitrogens with one attached hydrogen (secondary N) is 2. The topological polar surface area (TPSA) is 53.6 Å². The normalized spacial score (nSPS) is 31.0. The number of carbonyl (C=O) groups is 1. The zero-order valence-corrected chi connectivity index (χ0v) is 22.8. The number of hydrogen-bond donors (Lipinski definition) is 2. The van der Waals surface area contributed by atoms with Gasteiger partial charge in [0, 0.05) is 17.6 Å². The largest absolute Gasteiger partial charge is 0.497 e. The molecule has 0 radical (unpaired) electrons. The van der Waals surface area contributed by atoms with Crippen molar-refractivity contribution in [3.63, 3.8) is 0 Å². The molecule has 5 nitrogen and oxygen atoms in total. The first-order chi connectivity index (χ1) is 18.5. The predicted octanol–water partition coefficient (Wildman–Crippen LogP) is 5.90. The Morgan fingerprint density at radius 2 is 1.76 bits per heavy atom. The van der Waals surface area contributed by atoms with Crippen LogP contribution in [-0.2, 0) is 11.2 Å². The molecule has 1 amide bonds. The van der Waals surface area contributed by atoms with Gasteiger partial charge in [-0.1, -0.05) is 31.5 Å². The maximum Gasteiger partial charge on any atom is 0.300 e. The number of anilines is 1. The van der Waals surface area contributed by atoms with Gasteiger partial charge in [-0.05, 0) is 116 Å². The lowest BCUT2D eigenvalue weighted by atomic mass is 9.53. The summed E-state index contributed by atoms with van der Waals surface area (Å²) in [5.41, 5.74) is 4.85. The Morgan fingerprint density at radius 3 is 2.37 bits per heavy atom. The summed E-state index contributed by atoms with van der Waals surface area (Å²) in [6.45, 7) is 3.02. The van der Waals surface area contributed by atoms with Crippen molar-refractivity contribution in [1.29, 1.82) is 0 Å². The van der Waals surface area contributed by atoms with Crippen molar-refractivity contribution >= 4 is 11.6 Å². The Balaban J connectivity index is 1.31. The van der Waals surface area contributed by atoms with E-state index in [0.29, 0.717) is 6.42 Å². The average molecular weight is 512 g/mol. The highest BCUT2D eigenvalue weighted by atomic mass is 16.5. The minimum atomic E-state index is -0.277. The lowest BCUT2D eigenvalue weighted by molar-refractivity contribution is -0.130. The van der Waals surface area contributed by atoms with Gasteiger partial charge in [-0.15, -0.1) is 6.42 Å². The van der Waals surface area contributed by atoms with E-state index in [1.165, 1.54) is 49.8 Å². The minimum absolute atomic E-state index is 0.167. The highest BCUT2D eigenvalue weighted by Gasteiger charge is 2.51. The third-order valence-electron chi connectivity index (χ3n) is 9.61. The molecule has 0 saturated heterocycles. The van der Waals surface area contributed by atoms with Gasteiger partial charge < -0.3 is 15.0 Å². The van der Waals surface area contributed by atoms with Crippen LogP contribution in [0.4, 0.5) is 5.69 Å². The van der Waals surface area contributed by atoms with Crippen LogP contribution in [0.3, 0.4) is 0 Å². The Bertz CT molecular complexity index is 1180. The van der Waals surface area contributed by atoms with Crippen LogP contribution in [0.5, 0.6) is 5.75 Å². The van der Waals surface area contributed by atoms with Crippen molar-refractivity contribution in [1.82, 2.24) is 10.2 Å². The van der Waals surface area contributed by atoms with E-state index in [9.17, 15) is 4.79 Å². The van der Waals surface area contributed by atoms with Crippen LogP contribution in [0, 0.1) is 30.1 Å². The molecule has 4 aliphatic carbocycles. The fraction of sp³-hybridized carbons (Fsp3) is 0.545. The summed E-state index contributed by atoms with van der Waals surface area (Å²) in [4.78, 5) is 15.1. The molecule has 1 heterocycles. The Morgan fingerprint density at radius 1 is 1.08 bits per heavy atom. The molecule has 5 aliphatic rings. The second-order valence-corrected chi connectivity index (χ2v) is 12.3. The molecule has 0 aromatic heterocycles. The van der Waals surface area contributed by atoms with Crippen LogP contribution in [0.1, 0.15) is 81.0 Å². The number of carbonyl (C=O) groups excluding carboxylic acids is 1. The van der Waals surface area contributed by atoms with Crippen molar-refractivity contribution in [2.24, 2.45) is 17.8 Å². The zero-order valence-electron chi connectivity index (χ0n) is 22.8. The SMILES string of the molecule is C#CC(=O)N1[C@@H](c2ccc(NC34CC5CC(CC(C5)C3)C4)cc2)c2ccc(OC)cc2C[C@@H]1NCCCC. The Labute approximate surface area is 227 Å². The summed E-state index contributed by atoms with van der Waals surface area (Å²) in [6.07, 6.45) is 16.7. The van der Waals surface area contributed by atoms with Gasteiger partial charge in [-0.3, -0.25) is 10.1 Å². The number of benzene rings is 2. The van der Waals surface area contributed by atoms with Crippen LogP contribution in [0.25, 0.3) is 0 Å². The maximum absolute atomic E-state index is 13.2. The summed E-state index contributed by atoms with van der Waals surface area (Å²) >= 11 is 0. The highest BCUT2D eigenvalue weighted by Crippen LogP contribution is 2.56. The fourth-order valence-corrected chi connectivity index (χ4v) is 8.40. The van der Waals surface area contributed by atoms with Crippen LogP contribution in [-0.4, -0.2) is 36.2 Å². The molecule has 2 N–H and O–H groups in total. The van der Waals surface area contributed by atoms with E-state index < -0.39 is 0 Å². The molecular formula is C33H41N3O2. The second-order valence-electron chi connectivity index (χ2n) is 12.3. The molecule has 0 spiro atoms. The van der Waals surface area contributed by atoms with Gasteiger partial charge in [0.2, 0.25) is 0 Å². The second kappa shape index (κ2) is 10.3. The molecule has 1 aliphatic heterocycles. The first-order valence-corrected chi connectivity index (χ1v) is 14.6. The van der Waals surface area contributed by atoms with E-state index in [4.69, 9.17) is 11.2 Å². The van der Waals surface area contributed by atoms with Crippen molar-refractivity contribution in [2.75, 3.05) is 19.0 Å². The lowest BCUT2D eigenvalue weighted by Crippen LogP contribution is -2.54. The van der Waals surface area contributed by atoms with E-state index in [-0.39, 0.29) is 23.7 Å². The number of terminal acetylenes is 1. The van der Waals surface area contributed by atoms with E-state index in [1.54, 1.807) is 7.11 Å². The van der Waals surface area contributed by atoms with Gasteiger partial charge >= 0.3 is 0 Å².